The molecule has 1 aromatic rings. The van der Waals surface area contributed by atoms with Gasteiger partial charge in [0.15, 0.2) is 0 Å². The lowest BCUT2D eigenvalue weighted by atomic mass is 9.67. The summed E-state index contributed by atoms with van der Waals surface area (Å²) in [4.78, 5) is 31.6. The Morgan fingerprint density at radius 3 is 2.75 bits per heavy atom. The lowest BCUT2D eigenvalue weighted by molar-refractivity contribution is -0.132. The van der Waals surface area contributed by atoms with Gasteiger partial charge in [-0.3, -0.25) is 14.9 Å². The van der Waals surface area contributed by atoms with E-state index >= 15 is 0 Å². The number of likely N-dealkylation sites (tertiary alicyclic amines) is 1. The SMILES string of the molecule is Cl.O=C(Cn1cnc(NC(=O)[C@@]23CCCC[C@H]2CNC3)n1)N1CCCCCC1. The molecular weight excluding hydrogens is 380 g/mol. The molecule has 2 saturated heterocycles. The molecule has 0 spiro atoms. The van der Waals surface area contributed by atoms with Gasteiger partial charge in [0.1, 0.15) is 12.9 Å². The van der Waals surface area contributed by atoms with Crippen LogP contribution in [-0.4, -0.2) is 57.7 Å². The number of fused-ring (bicyclic) bond motifs is 1. The molecule has 4 rings (SSSR count). The number of anilines is 1. The van der Waals surface area contributed by atoms with Crippen LogP contribution in [0.25, 0.3) is 0 Å². The van der Waals surface area contributed by atoms with E-state index < -0.39 is 0 Å². The summed E-state index contributed by atoms with van der Waals surface area (Å²) >= 11 is 0. The van der Waals surface area contributed by atoms with Gasteiger partial charge in [-0.2, -0.15) is 0 Å². The number of rotatable bonds is 4. The van der Waals surface area contributed by atoms with Crippen LogP contribution in [0.3, 0.4) is 0 Å². The summed E-state index contributed by atoms with van der Waals surface area (Å²) in [6, 6.07) is 0. The fourth-order valence-corrected chi connectivity index (χ4v) is 4.90. The predicted octanol–water partition coefficient (Wildman–Crippen LogP) is 1.82. The Morgan fingerprint density at radius 1 is 1.18 bits per heavy atom. The van der Waals surface area contributed by atoms with Crippen molar-refractivity contribution < 1.29 is 9.59 Å². The maximum absolute atomic E-state index is 13.0. The quantitative estimate of drug-likeness (QED) is 0.789. The van der Waals surface area contributed by atoms with Crippen LogP contribution in [0.15, 0.2) is 6.33 Å². The Labute approximate surface area is 172 Å². The third-order valence-corrected chi connectivity index (χ3v) is 6.51. The summed E-state index contributed by atoms with van der Waals surface area (Å²) < 4.78 is 1.53. The van der Waals surface area contributed by atoms with Gasteiger partial charge in [0.2, 0.25) is 17.8 Å². The summed E-state index contributed by atoms with van der Waals surface area (Å²) in [6.45, 7) is 3.48. The third-order valence-electron chi connectivity index (χ3n) is 6.51. The van der Waals surface area contributed by atoms with Crippen LogP contribution >= 0.6 is 12.4 Å². The molecule has 156 valence electrons. The molecular formula is C19H31ClN6O2. The van der Waals surface area contributed by atoms with E-state index in [1.54, 1.807) is 0 Å². The molecule has 2 atom stereocenters. The Balaban J connectivity index is 0.00000225. The van der Waals surface area contributed by atoms with Crippen LogP contribution in [-0.2, 0) is 16.1 Å². The lowest BCUT2D eigenvalue weighted by Gasteiger charge is -2.36. The molecule has 1 saturated carbocycles. The average Bonchev–Trinajstić information content (AvgIpc) is 3.20. The van der Waals surface area contributed by atoms with Gasteiger partial charge >= 0.3 is 0 Å². The second kappa shape index (κ2) is 9.22. The first-order valence-corrected chi connectivity index (χ1v) is 10.4. The topological polar surface area (TPSA) is 92.1 Å². The fraction of sp³-hybridized carbons (Fsp3) is 0.789. The van der Waals surface area contributed by atoms with E-state index in [1.165, 1.54) is 30.3 Å². The molecule has 3 aliphatic rings. The van der Waals surface area contributed by atoms with Crippen molar-refractivity contribution in [2.24, 2.45) is 11.3 Å². The molecule has 3 heterocycles. The largest absolute Gasteiger partial charge is 0.341 e. The number of aromatic nitrogens is 3. The van der Waals surface area contributed by atoms with Crippen molar-refractivity contribution in [1.29, 1.82) is 0 Å². The first-order valence-electron chi connectivity index (χ1n) is 10.4. The molecule has 9 heteroatoms. The maximum atomic E-state index is 13.0. The lowest BCUT2D eigenvalue weighted by Crippen LogP contribution is -2.44. The van der Waals surface area contributed by atoms with Crippen molar-refractivity contribution in [3.63, 3.8) is 0 Å². The second-order valence-electron chi connectivity index (χ2n) is 8.24. The molecule has 0 unspecified atom stereocenters. The molecule has 3 fully saturated rings. The second-order valence-corrected chi connectivity index (χ2v) is 8.24. The van der Waals surface area contributed by atoms with E-state index in [4.69, 9.17) is 0 Å². The van der Waals surface area contributed by atoms with Gasteiger partial charge in [-0.05, 0) is 38.1 Å². The molecule has 1 aromatic heterocycles. The van der Waals surface area contributed by atoms with Gasteiger partial charge in [-0.15, -0.1) is 17.5 Å². The summed E-state index contributed by atoms with van der Waals surface area (Å²) in [5, 5.41) is 10.6. The van der Waals surface area contributed by atoms with Crippen LogP contribution in [0, 0.1) is 11.3 Å². The highest BCUT2D eigenvalue weighted by Gasteiger charge is 2.50. The third kappa shape index (κ3) is 4.33. The highest BCUT2D eigenvalue weighted by atomic mass is 35.5. The van der Waals surface area contributed by atoms with Crippen molar-refractivity contribution in [1.82, 2.24) is 25.0 Å². The van der Waals surface area contributed by atoms with Crippen LogP contribution in [0.1, 0.15) is 51.4 Å². The minimum Gasteiger partial charge on any atom is -0.341 e. The molecule has 0 aromatic carbocycles. The molecule has 0 radical (unpaired) electrons. The molecule has 0 bridgehead atoms. The van der Waals surface area contributed by atoms with E-state index in [1.807, 2.05) is 4.90 Å². The highest BCUT2D eigenvalue weighted by molar-refractivity contribution is 5.94. The summed E-state index contributed by atoms with van der Waals surface area (Å²) in [5.74, 6) is 0.798. The van der Waals surface area contributed by atoms with E-state index in [-0.39, 0.29) is 36.2 Å². The summed E-state index contributed by atoms with van der Waals surface area (Å²) in [6.07, 6.45) is 10.4. The predicted molar refractivity (Wildman–Crippen MR) is 108 cm³/mol. The number of amides is 2. The Bertz CT molecular complexity index is 688. The van der Waals surface area contributed by atoms with Crippen molar-refractivity contribution in [3.05, 3.63) is 6.33 Å². The van der Waals surface area contributed by atoms with E-state index in [9.17, 15) is 9.59 Å². The fourth-order valence-electron chi connectivity index (χ4n) is 4.90. The Morgan fingerprint density at radius 2 is 1.96 bits per heavy atom. The molecule has 2 N–H and O–H groups in total. The normalized spacial score (nSPS) is 27.4. The van der Waals surface area contributed by atoms with Crippen LogP contribution in [0.4, 0.5) is 5.95 Å². The van der Waals surface area contributed by atoms with E-state index in [0.717, 1.165) is 58.3 Å². The highest BCUT2D eigenvalue weighted by Crippen LogP contribution is 2.44. The molecule has 2 amide bonds. The van der Waals surface area contributed by atoms with Crippen molar-refractivity contribution >= 4 is 30.2 Å². The van der Waals surface area contributed by atoms with Crippen molar-refractivity contribution in [3.8, 4) is 0 Å². The first kappa shape index (κ1) is 21.0. The number of hydrogen-bond acceptors (Lipinski definition) is 5. The van der Waals surface area contributed by atoms with Crippen LogP contribution in [0.2, 0.25) is 0 Å². The molecule has 28 heavy (non-hydrogen) atoms. The Hall–Kier alpha value is -1.67. The van der Waals surface area contributed by atoms with Gasteiger partial charge in [-0.1, -0.05) is 25.7 Å². The maximum Gasteiger partial charge on any atom is 0.248 e. The van der Waals surface area contributed by atoms with E-state index in [0.29, 0.717) is 11.9 Å². The number of halogens is 1. The van der Waals surface area contributed by atoms with Gasteiger partial charge < -0.3 is 10.2 Å². The number of nitrogens with one attached hydrogen (secondary N) is 2. The van der Waals surface area contributed by atoms with E-state index in [2.05, 4.69) is 20.7 Å². The summed E-state index contributed by atoms with van der Waals surface area (Å²) in [7, 11) is 0. The van der Waals surface area contributed by atoms with Gasteiger partial charge in [-0.25, -0.2) is 9.67 Å². The van der Waals surface area contributed by atoms with Crippen LogP contribution < -0.4 is 10.6 Å². The minimum atomic E-state index is -0.328. The zero-order valence-corrected chi connectivity index (χ0v) is 17.2. The molecule has 2 aliphatic heterocycles. The number of carbonyl (C=O) groups excluding carboxylic acids is 2. The molecule has 8 nitrogen and oxygen atoms in total. The number of carbonyl (C=O) groups is 2. The minimum absolute atomic E-state index is 0. The standard InChI is InChI=1S/C19H30N6O2.ClH/c26-16(24-9-5-1-2-6-10-24)12-25-14-21-18(23-25)22-17(27)19-8-4-3-7-15(19)11-20-13-19;/h14-15,20H,1-13H2,(H,22,23,27);1H/t15-,19+;/m0./s1. The average molecular weight is 411 g/mol. The zero-order valence-electron chi connectivity index (χ0n) is 16.4. The smallest absolute Gasteiger partial charge is 0.248 e. The number of nitrogens with zero attached hydrogens (tertiary/aromatic N) is 4. The van der Waals surface area contributed by atoms with Crippen molar-refractivity contribution in [2.75, 3.05) is 31.5 Å². The van der Waals surface area contributed by atoms with Gasteiger partial charge in [0.05, 0.1) is 5.41 Å². The monoisotopic (exact) mass is 410 g/mol. The zero-order chi connectivity index (χ0) is 18.7. The molecule has 1 aliphatic carbocycles. The van der Waals surface area contributed by atoms with Gasteiger partial charge in [0.25, 0.3) is 0 Å². The van der Waals surface area contributed by atoms with Crippen molar-refractivity contribution in [2.45, 2.75) is 57.9 Å². The first-order chi connectivity index (χ1) is 13.2. The van der Waals surface area contributed by atoms with Crippen LogP contribution in [0.5, 0.6) is 0 Å². The van der Waals surface area contributed by atoms with Gasteiger partial charge in [0, 0.05) is 19.6 Å². The Kier molecular flexibility index (Phi) is 6.93. The summed E-state index contributed by atoms with van der Waals surface area (Å²) in [5.41, 5.74) is -0.328. The number of hydrogen-bond donors (Lipinski definition) is 2.